The fourth-order valence-corrected chi connectivity index (χ4v) is 5.78. The van der Waals surface area contributed by atoms with Crippen molar-refractivity contribution < 1.29 is 0 Å². The van der Waals surface area contributed by atoms with Crippen LogP contribution in [0.1, 0.15) is 0 Å². The van der Waals surface area contributed by atoms with E-state index in [1.54, 1.807) is 12.4 Å². The van der Waals surface area contributed by atoms with Crippen LogP contribution in [0.2, 0.25) is 0 Å². The molecule has 196 valence electrons. The van der Waals surface area contributed by atoms with Gasteiger partial charge < -0.3 is 0 Å². The minimum Gasteiger partial charge on any atom is -0.255 e. The van der Waals surface area contributed by atoms with E-state index in [0.717, 1.165) is 45.0 Å². The third kappa shape index (κ3) is 4.18. The van der Waals surface area contributed by atoms with Crippen LogP contribution in [0.3, 0.4) is 0 Å². The van der Waals surface area contributed by atoms with Crippen LogP contribution in [0.5, 0.6) is 0 Å². The maximum atomic E-state index is 4.73. The molecule has 4 aromatic heterocycles. The molecule has 0 bridgehead atoms. The van der Waals surface area contributed by atoms with Gasteiger partial charge in [-0.2, -0.15) is 0 Å². The Kier molecular flexibility index (Phi) is 5.75. The molecule has 4 heterocycles. The fourth-order valence-electron chi connectivity index (χ4n) is 5.78. The second kappa shape index (κ2) is 10.0. The molecule has 0 aliphatic heterocycles. The lowest BCUT2D eigenvalue weighted by Gasteiger charge is -2.14. The molecule has 4 heteroatoms. The Labute approximate surface area is 243 Å². The second-order valence-corrected chi connectivity index (χ2v) is 10.4. The van der Waals surface area contributed by atoms with E-state index in [1.807, 2.05) is 60.9 Å². The molecule has 0 aliphatic carbocycles. The fraction of sp³-hybridized carbons (Fsp3) is 0. The van der Waals surface area contributed by atoms with Crippen LogP contribution in [-0.2, 0) is 0 Å². The Hall–Kier alpha value is -5.74. The average Bonchev–Trinajstić information content (AvgIpc) is 3.09. The molecule has 4 aromatic carbocycles. The molecule has 0 amide bonds. The lowest BCUT2D eigenvalue weighted by molar-refractivity contribution is 1.25. The molecular formula is C38H24N4. The monoisotopic (exact) mass is 536 g/mol. The number of rotatable bonds is 4. The van der Waals surface area contributed by atoms with E-state index < -0.39 is 0 Å². The lowest BCUT2D eigenvalue weighted by Crippen LogP contribution is -1.89. The molecule has 0 unspecified atom stereocenters. The number of aromatic nitrogens is 4. The highest BCUT2D eigenvalue weighted by atomic mass is 14.8. The largest absolute Gasteiger partial charge is 0.255 e. The lowest BCUT2D eigenvalue weighted by atomic mass is 9.90. The van der Waals surface area contributed by atoms with Gasteiger partial charge >= 0.3 is 0 Å². The van der Waals surface area contributed by atoms with Crippen molar-refractivity contribution in [3.05, 3.63) is 146 Å². The maximum Gasteiger partial charge on any atom is 0.0886 e. The molecule has 0 saturated heterocycles. The number of fused-ring (bicyclic) bond motifs is 6. The zero-order chi connectivity index (χ0) is 27.9. The molecule has 0 fully saturated rings. The smallest absolute Gasteiger partial charge is 0.0886 e. The Morgan fingerprint density at radius 1 is 0.286 bits per heavy atom. The highest BCUT2D eigenvalue weighted by Gasteiger charge is 2.12. The molecule has 4 nitrogen and oxygen atoms in total. The summed E-state index contributed by atoms with van der Waals surface area (Å²) in [4.78, 5) is 18.3. The van der Waals surface area contributed by atoms with Crippen molar-refractivity contribution in [2.45, 2.75) is 0 Å². The van der Waals surface area contributed by atoms with Gasteiger partial charge in [0.1, 0.15) is 0 Å². The Morgan fingerprint density at radius 3 is 1.10 bits per heavy atom. The van der Waals surface area contributed by atoms with E-state index in [0.29, 0.717) is 0 Å². The van der Waals surface area contributed by atoms with E-state index in [9.17, 15) is 0 Å². The quantitative estimate of drug-likeness (QED) is 0.210. The third-order valence-corrected chi connectivity index (χ3v) is 7.88. The summed E-state index contributed by atoms with van der Waals surface area (Å²) in [5.41, 5.74) is 7.88. The number of benzene rings is 4. The van der Waals surface area contributed by atoms with E-state index in [1.165, 1.54) is 32.3 Å². The Balaban J connectivity index is 1.27. The number of nitrogens with zero attached hydrogens (tertiary/aromatic N) is 4. The van der Waals surface area contributed by atoms with Crippen molar-refractivity contribution in [1.29, 1.82) is 0 Å². The van der Waals surface area contributed by atoms with Crippen LogP contribution < -0.4 is 0 Å². The van der Waals surface area contributed by atoms with Crippen molar-refractivity contribution in [3.8, 4) is 45.0 Å². The van der Waals surface area contributed by atoms with E-state index in [-0.39, 0.29) is 0 Å². The zero-order valence-corrected chi connectivity index (χ0v) is 22.6. The van der Waals surface area contributed by atoms with Gasteiger partial charge in [-0.3, -0.25) is 19.9 Å². The number of hydrogen-bond acceptors (Lipinski definition) is 4. The number of hydrogen-bond donors (Lipinski definition) is 0. The first kappa shape index (κ1) is 24.1. The second-order valence-electron chi connectivity index (χ2n) is 10.4. The highest BCUT2D eigenvalue weighted by molar-refractivity contribution is 6.26. The molecule has 8 rings (SSSR count). The van der Waals surface area contributed by atoms with Gasteiger partial charge in [0, 0.05) is 35.9 Å². The summed E-state index contributed by atoms with van der Waals surface area (Å²) in [6.45, 7) is 0. The first-order chi connectivity index (χ1) is 20.8. The topological polar surface area (TPSA) is 51.6 Å². The molecular weight excluding hydrogens is 512 g/mol. The molecule has 0 radical (unpaired) electrons. The van der Waals surface area contributed by atoms with Gasteiger partial charge in [-0.1, -0.05) is 72.8 Å². The van der Waals surface area contributed by atoms with Crippen LogP contribution in [0, 0.1) is 0 Å². The summed E-state index contributed by atoms with van der Waals surface area (Å²) in [7, 11) is 0. The average molecular weight is 537 g/mol. The zero-order valence-electron chi connectivity index (χ0n) is 22.6. The molecule has 0 N–H and O–H groups in total. The predicted octanol–water partition coefficient (Wildman–Crippen LogP) is 9.39. The van der Waals surface area contributed by atoms with Crippen LogP contribution in [0.4, 0.5) is 0 Å². The predicted molar refractivity (Wildman–Crippen MR) is 172 cm³/mol. The van der Waals surface area contributed by atoms with Gasteiger partial charge in [-0.05, 0) is 92.0 Å². The highest BCUT2D eigenvalue weighted by Crippen LogP contribution is 2.39. The normalized spacial score (nSPS) is 11.3. The summed E-state index contributed by atoms with van der Waals surface area (Å²) in [5, 5.41) is 7.42. The van der Waals surface area contributed by atoms with Gasteiger partial charge in [-0.15, -0.1) is 0 Å². The first-order valence-corrected chi connectivity index (χ1v) is 14.0. The molecule has 0 aliphatic rings. The minimum absolute atomic E-state index is 0.865. The van der Waals surface area contributed by atoms with Gasteiger partial charge in [0.15, 0.2) is 0 Å². The summed E-state index contributed by atoms with van der Waals surface area (Å²) >= 11 is 0. The van der Waals surface area contributed by atoms with Crippen LogP contribution in [0.25, 0.3) is 77.3 Å². The standard InChI is InChI=1S/C38H24N4/c1-2-8-30-29(7-1)31-15-11-25(27-13-17-37(41-23-27)35-9-3-5-19-39-35)21-33(31)34-22-26(12-16-32(30)34)28-14-18-38(42-24-28)36-10-4-6-20-40-36/h1-24H. The molecule has 42 heavy (non-hydrogen) atoms. The minimum atomic E-state index is 0.865. The van der Waals surface area contributed by atoms with E-state index in [2.05, 4.69) is 82.8 Å². The first-order valence-electron chi connectivity index (χ1n) is 14.0. The van der Waals surface area contributed by atoms with Crippen molar-refractivity contribution in [1.82, 2.24) is 19.9 Å². The van der Waals surface area contributed by atoms with Crippen molar-refractivity contribution in [2.75, 3.05) is 0 Å². The Morgan fingerprint density at radius 2 is 0.690 bits per heavy atom. The van der Waals surface area contributed by atoms with Crippen molar-refractivity contribution in [2.24, 2.45) is 0 Å². The molecule has 8 aromatic rings. The van der Waals surface area contributed by atoms with Gasteiger partial charge in [0.05, 0.1) is 22.8 Å². The summed E-state index contributed by atoms with van der Waals surface area (Å²) in [6, 6.07) is 42.2. The molecule has 0 atom stereocenters. The van der Waals surface area contributed by atoms with Gasteiger partial charge in [0.25, 0.3) is 0 Å². The van der Waals surface area contributed by atoms with Crippen LogP contribution >= 0.6 is 0 Å². The third-order valence-electron chi connectivity index (χ3n) is 7.88. The summed E-state index contributed by atoms with van der Waals surface area (Å²) in [5.74, 6) is 0. The van der Waals surface area contributed by atoms with Gasteiger partial charge in [-0.25, -0.2) is 0 Å². The summed E-state index contributed by atoms with van der Waals surface area (Å²) in [6.07, 6.45) is 7.47. The summed E-state index contributed by atoms with van der Waals surface area (Å²) < 4.78 is 0. The van der Waals surface area contributed by atoms with E-state index >= 15 is 0 Å². The van der Waals surface area contributed by atoms with Crippen LogP contribution in [0.15, 0.2) is 146 Å². The van der Waals surface area contributed by atoms with Crippen LogP contribution in [-0.4, -0.2) is 19.9 Å². The van der Waals surface area contributed by atoms with Crippen molar-refractivity contribution >= 4 is 32.3 Å². The maximum absolute atomic E-state index is 4.73. The van der Waals surface area contributed by atoms with Gasteiger partial charge in [0.2, 0.25) is 0 Å². The molecule has 0 spiro atoms. The van der Waals surface area contributed by atoms with Crippen molar-refractivity contribution in [3.63, 3.8) is 0 Å². The van der Waals surface area contributed by atoms with E-state index in [4.69, 9.17) is 9.97 Å². The molecule has 0 saturated carbocycles. The SMILES string of the molecule is c1ccc(-c2ccc(-c3ccc4c5ccccc5c5ccc(-c6ccc(-c7ccccn7)nc6)cc5c4c3)cn2)nc1. The Bertz CT molecular complexity index is 2050. The number of pyridine rings is 4.